The van der Waals surface area contributed by atoms with E-state index in [0.717, 1.165) is 23.9 Å². The van der Waals surface area contributed by atoms with Gasteiger partial charge in [-0.05, 0) is 44.1 Å². The Balaban J connectivity index is 1.47. The van der Waals surface area contributed by atoms with E-state index in [9.17, 15) is 0 Å². The average molecular weight is 270 g/mol. The van der Waals surface area contributed by atoms with Gasteiger partial charge in [-0.25, -0.2) is 0 Å². The number of hydrogen-bond acceptors (Lipinski definition) is 3. The first-order valence-corrected chi connectivity index (χ1v) is 7.52. The zero-order valence-electron chi connectivity index (χ0n) is 12.0. The molecule has 0 bridgehead atoms. The van der Waals surface area contributed by atoms with Crippen molar-refractivity contribution in [1.29, 1.82) is 0 Å². The van der Waals surface area contributed by atoms with E-state index in [1.165, 1.54) is 31.2 Å². The maximum Gasteiger partial charge on any atom is 0.133 e. The van der Waals surface area contributed by atoms with Crippen molar-refractivity contribution in [3.8, 4) is 0 Å². The van der Waals surface area contributed by atoms with Crippen LogP contribution in [0.5, 0.6) is 0 Å². The Morgan fingerprint density at radius 3 is 2.55 bits per heavy atom. The van der Waals surface area contributed by atoms with Crippen LogP contribution in [-0.2, 0) is 6.54 Å². The molecule has 0 radical (unpaired) electrons. The van der Waals surface area contributed by atoms with Gasteiger partial charge in [0.15, 0.2) is 0 Å². The van der Waals surface area contributed by atoms with Crippen molar-refractivity contribution < 1.29 is 4.52 Å². The summed E-state index contributed by atoms with van der Waals surface area (Å²) in [6, 6.07) is 13.5. The molecule has 0 atom stereocenters. The molecule has 1 aromatic heterocycles. The summed E-state index contributed by atoms with van der Waals surface area (Å²) < 4.78 is 5.09. The highest BCUT2D eigenvalue weighted by Gasteiger charge is 2.21. The Morgan fingerprint density at radius 2 is 1.90 bits per heavy atom. The molecule has 1 heterocycles. The third-order valence-corrected chi connectivity index (χ3v) is 4.25. The number of nitrogens with one attached hydrogen (secondary N) is 1. The van der Waals surface area contributed by atoms with E-state index >= 15 is 0 Å². The molecule has 106 valence electrons. The topological polar surface area (TPSA) is 38.1 Å². The molecule has 1 aromatic carbocycles. The first-order chi connectivity index (χ1) is 9.81. The summed E-state index contributed by atoms with van der Waals surface area (Å²) in [5.41, 5.74) is 2.51. The highest BCUT2D eigenvalue weighted by molar-refractivity contribution is 5.20. The molecule has 0 amide bonds. The summed E-state index contributed by atoms with van der Waals surface area (Å²) in [4.78, 5) is 0. The minimum Gasteiger partial charge on any atom is -0.361 e. The van der Waals surface area contributed by atoms with Crippen LogP contribution in [0.1, 0.15) is 48.6 Å². The molecule has 0 unspecified atom stereocenters. The van der Waals surface area contributed by atoms with Gasteiger partial charge in [0.05, 0.1) is 5.69 Å². The minimum absolute atomic E-state index is 0.618. The van der Waals surface area contributed by atoms with Gasteiger partial charge in [0, 0.05) is 18.7 Å². The van der Waals surface area contributed by atoms with Crippen LogP contribution in [0.2, 0.25) is 0 Å². The molecule has 3 nitrogen and oxygen atoms in total. The standard InChI is InChI=1S/C17H22N2O/c1-13-11-17(19-20-13)12-18-16-9-7-15(8-10-16)14-5-3-2-4-6-14/h2-6,11,15-16,18H,7-10,12H2,1H3. The Bertz CT molecular complexity index is 527. The molecule has 0 aliphatic heterocycles. The molecule has 1 saturated carbocycles. The fourth-order valence-corrected chi connectivity index (χ4v) is 3.11. The Labute approximate surface area is 120 Å². The van der Waals surface area contributed by atoms with Gasteiger partial charge in [0.25, 0.3) is 0 Å². The number of rotatable bonds is 4. The fourth-order valence-electron chi connectivity index (χ4n) is 3.11. The van der Waals surface area contributed by atoms with Crippen molar-refractivity contribution in [2.45, 2.75) is 51.1 Å². The molecule has 1 aliphatic carbocycles. The van der Waals surface area contributed by atoms with Crippen molar-refractivity contribution >= 4 is 0 Å². The van der Waals surface area contributed by atoms with Gasteiger partial charge in [-0.1, -0.05) is 35.5 Å². The monoisotopic (exact) mass is 270 g/mol. The summed E-state index contributed by atoms with van der Waals surface area (Å²) >= 11 is 0. The van der Waals surface area contributed by atoms with E-state index in [-0.39, 0.29) is 0 Å². The lowest BCUT2D eigenvalue weighted by molar-refractivity contribution is 0.335. The second-order valence-corrected chi connectivity index (χ2v) is 5.77. The summed E-state index contributed by atoms with van der Waals surface area (Å²) in [6.45, 7) is 2.75. The first-order valence-electron chi connectivity index (χ1n) is 7.52. The van der Waals surface area contributed by atoms with Crippen LogP contribution < -0.4 is 5.32 Å². The van der Waals surface area contributed by atoms with Gasteiger partial charge in [-0.2, -0.15) is 0 Å². The normalized spacial score (nSPS) is 22.9. The molecular formula is C17H22N2O. The molecule has 1 aliphatic rings. The van der Waals surface area contributed by atoms with Gasteiger partial charge in [-0.3, -0.25) is 0 Å². The SMILES string of the molecule is Cc1cc(CNC2CCC(c3ccccc3)CC2)no1. The summed E-state index contributed by atoms with van der Waals surface area (Å²) in [5, 5.41) is 7.63. The molecule has 3 heteroatoms. The number of benzene rings is 1. The van der Waals surface area contributed by atoms with Gasteiger partial charge >= 0.3 is 0 Å². The third kappa shape index (κ3) is 3.28. The molecule has 0 spiro atoms. The molecular weight excluding hydrogens is 248 g/mol. The van der Waals surface area contributed by atoms with E-state index in [1.54, 1.807) is 0 Å². The fraction of sp³-hybridized carbons (Fsp3) is 0.471. The number of nitrogens with zero attached hydrogens (tertiary/aromatic N) is 1. The number of hydrogen-bond donors (Lipinski definition) is 1. The predicted molar refractivity (Wildman–Crippen MR) is 79.5 cm³/mol. The second-order valence-electron chi connectivity index (χ2n) is 5.77. The summed E-state index contributed by atoms with van der Waals surface area (Å²) in [7, 11) is 0. The molecule has 1 N–H and O–H groups in total. The van der Waals surface area contributed by atoms with Crippen molar-refractivity contribution in [3.05, 3.63) is 53.4 Å². The van der Waals surface area contributed by atoms with Crippen LogP contribution in [0.25, 0.3) is 0 Å². The Hall–Kier alpha value is -1.61. The molecule has 20 heavy (non-hydrogen) atoms. The molecule has 0 saturated heterocycles. The highest BCUT2D eigenvalue weighted by Crippen LogP contribution is 2.32. The van der Waals surface area contributed by atoms with Crippen molar-refractivity contribution in [1.82, 2.24) is 10.5 Å². The van der Waals surface area contributed by atoms with E-state index in [1.807, 2.05) is 13.0 Å². The van der Waals surface area contributed by atoms with E-state index in [4.69, 9.17) is 4.52 Å². The van der Waals surface area contributed by atoms with Crippen LogP contribution in [0.15, 0.2) is 40.9 Å². The molecule has 3 rings (SSSR count). The van der Waals surface area contributed by atoms with Crippen LogP contribution in [0.3, 0.4) is 0 Å². The minimum atomic E-state index is 0.618. The zero-order chi connectivity index (χ0) is 13.8. The lowest BCUT2D eigenvalue weighted by atomic mass is 9.82. The largest absolute Gasteiger partial charge is 0.361 e. The highest BCUT2D eigenvalue weighted by atomic mass is 16.5. The maximum absolute atomic E-state index is 5.09. The Kier molecular flexibility index (Phi) is 4.16. The smallest absolute Gasteiger partial charge is 0.133 e. The second kappa shape index (κ2) is 6.23. The average Bonchev–Trinajstić information content (AvgIpc) is 2.92. The Morgan fingerprint density at radius 1 is 1.15 bits per heavy atom. The van der Waals surface area contributed by atoms with E-state index in [2.05, 4.69) is 40.8 Å². The van der Waals surface area contributed by atoms with Crippen molar-refractivity contribution in [3.63, 3.8) is 0 Å². The summed E-state index contributed by atoms with van der Waals surface area (Å²) in [6.07, 6.45) is 5.05. The molecule has 1 fully saturated rings. The van der Waals surface area contributed by atoms with E-state index in [0.29, 0.717) is 6.04 Å². The van der Waals surface area contributed by atoms with Gasteiger partial charge in [-0.15, -0.1) is 0 Å². The first kappa shape index (κ1) is 13.4. The van der Waals surface area contributed by atoms with Gasteiger partial charge < -0.3 is 9.84 Å². The number of aryl methyl sites for hydroxylation is 1. The maximum atomic E-state index is 5.09. The third-order valence-electron chi connectivity index (χ3n) is 4.25. The van der Waals surface area contributed by atoms with Crippen LogP contribution in [0.4, 0.5) is 0 Å². The van der Waals surface area contributed by atoms with Crippen molar-refractivity contribution in [2.24, 2.45) is 0 Å². The van der Waals surface area contributed by atoms with Crippen LogP contribution in [-0.4, -0.2) is 11.2 Å². The molecule has 2 aromatic rings. The predicted octanol–water partition coefficient (Wildman–Crippen LogP) is 3.80. The lowest BCUT2D eigenvalue weighted by Gasteiger charge is -2.29. The lowest BCUT2D eigenvalue weighted by Crippen LogP contribution is -2.32. The quantitative estimate of drug-likeness (QED) is 0.918. The van der Waals surface area contributed by atoms with Gasteiger partial charge in [0.1, 0.15) is 5.76 Å². The van der Waals surface area contributed by atoms with Crippen LogP contribution >= 0.6 is 0 Å². The zero-order valence-corrected chi connectivity index (χ0v) is 12.0. The van der Waals surface area contributed by atoms with Crippen molar-refractivity contribution in [2.75, 3.05) is 0 Å². The van der Waals surface area contributed by atoms with Crippen LogP contribution in [0, 0.1) is 6.92 Å². The van der Waals surface area contributed by atoms with Gasteiger partial charge in [0.2, 0.25) is 0 Å². The summed E-state index contributed by atoms with van der Waals surface area (Å²) in [5.74, 6) is 1.62. The van der Waals surface area contributed by atoms with E-state index < -0.39 is 0 Å². The number of aromatic nitrogens is 1.